The molecule has 1 atom stereocenters. The van der Waals surface area contributed by atoms with Crippen molar-refractivity contribution >= 4 is 33.2 Å². The van der Waals surface area contributed by atoms with Crippen molar-refractivity contribution < 1.29 is 13.2 Å². The number of carbonyl (C=O) groups is 1. The first-order valence-electron chi connectivity index (χ1n) is 9.98. The molecule has 0 spiro atoms. The van der Waals surface area contributed by atoms with Gasteiger partial charge in [-0.25, -0.2) is 8.42 Å². The minimum Gasteiger partial charge on any atom is -0.350 e. The molecule has 0 bridgehead atoms. The fraction of sp³-hybridized carbons (Fsp3) is 0.208. The molecule has 7 heteroatoms. The zero-order valence-corrected chi connectivity index (χ0v) is 19.0. The Bertz CT molecular complexity index is 1150. The van der Waals surface area contributed by atoms with E-state index >= 15 is 0 Å². The van der Waals surface area contributed by atoms with E-state index in [1.807, 2.05) is 44.2 Å². The molecule has 31 heavy (non-hydrogen) atoms. The molecule has 3 aromatic carbocycles. The van der Waals surface area contributed by atoms with Crippen molar-refractivity contribution in [2.45, 2.75) is 37.6 Å². The second-order valence-corrected chi connectivity index (χ2v) is 9.57. The standard InChI is InChI=1S/C24H25ClN2O3S/c1-17-8-13-21(14-9-17)27-31(29,30)23-16-20(12-15-22(23)25)24(28)26-18(2)10-11-19-6-4-3-5-7-19/h3-9,12-16,18,27H,10-11H2,1-2H3,(H,26,28)/t18-/m1/s1. The first kappa shape index (κ1) is 22.8. The fourth-order valence-electron chi connectivity index (χ4n) is 3.09. The lowest BCUT2D eigenvalue weighted by Gasteiger charge is -2.15. The van der Waals surface area contributed by atoms with E-state index < -0.39 is 10.0 Å². The number of aryl methyl sites for hydroxylation is 2. The molecule has 0 aromatic heterocycles. The zero-order chi connectivity index (χ0) is 22.4. The van der Waals surface area contributed by atoms with Crippen LogP contribution >= 0.6 is 11.6 Å². The Kier molecular flexibility index (Phi) is 7.36. The normalized spacial score (nSPS) is 12.2. The fourth-order valence-corrected chi connectivity index (χ4v) is 4.67. The zero-order valence-electron chi connectivity index (χ0n) is 17.4. The predicted molar refractivity (Wildman–Crippen MR) is 125 cm³/mol. The van der Waals surface area contributed by atoms with Crippen LogP contribution in [-0.2, 0) is 16.4 Å². The van der Waals surface area contributed by atoms with Crippen LogP contribution in [-0.4, -0.2) is 20.4 Å². The maximum absolute atomic E-state index is 12.8. The third-order valence-corrected chi connectivity index (χ3v) is 6.74. The van der Waals surface area contributed by atoms with Gasteiger partial charge in [0.15, 0.2) is 0 Å². The lowest BCUT2D eigenvalue weighted by molar-refractivity contribution is 0.0938. The number of carbonyl (C=O) groups excluding carboxylic acids is 1. The van der Waals surface area contributed by atoms with Gasteiger partial charge in [0, 0.05) is 17.3 Å². The van der Waals surface area contributed by atoms with Crippen LogP contribution in [0.4, 0.5) is 5.69 Å². The van der Waals surface area contributed by atoms with E-state index in [4.69, 9.17) is 11.6 Å². The molecule has 162 valence electrons. The van der Waals surface area contributed by atoms with Gasteiger partial charge in [-0.2, -0.15) is 0 Å². The first-order chi connectivity index (χ1) is 14.7. The molecule has 2 N–H and O–H groups in total. The molecule has 0 saturated carbocycles. The maximum atomic E-state index is 12.8. The van der Waals surface area contributed by atoms with Gasteiger partial charge in [0.2, 0.25) is 0 Å². The Morgan fingerprint density at radius 3 is 2.35 bits per heavy atom. The van der Waals surface area contributed by atoms with Crippen LogP contribution < -0.4 is 10.0 Å². The van der Waals surface area contributed by atoms with Crippen LogP contribution in [0.15, 0.2) is 77.7 Å². The summed E-state index contributed by atoms with van der Waals surface area (Å²) in [7, 11) is -3.95. The number of sulfonamides is 1. The molecule has 3 rings (SSSR count). The van der Waals surface area contributed by atoms with Gasteiger partial charge in [-0.15, -0.1) is 0 Å². The Hall–Kier alpha value is -2.83. The predicted octanol–water partition coefficient (Wildman–Crippen LogP) is 5.20. The van der Waals surface area contributed by atoms with Crippen LogP contribution in [0.25, 0.3) is 0 Å². The van der Waals surface area contributed by atoms with Crippen LogP contribution in [0.3, 0.4) is 0 Å². The van der Waals surface area contributed by atoms with Gasteiger partial charge in [-0.1, -0.05) is 59.6 Å². The van der Waals surface area contributed by atoms with Crippen molar-refractivity contribution in [1.82, 2.24) is 5.32 Å². The Morgan fingerprint density at radius 2 is 1.68 bits per heavy atom. The van der Waals surface area contributed by atoms with Crippen molar-refractivity contribution in [1.29, 1.82) is 0 Å². The summed E-state index contributed by atoms with van der Waals surface area (Å²) in [6.45, 7) is 3.84. The van der Waals surface area contributed by atoms with Crippen molar-refractivity contribution in [2.75, 3.05) is 4.72 Å². The first-order valence-corrected chi connectivity index (χ1v) is 11.8. The summed E-state index contributed by atoms with van der Waals surface area (Å²) < 4.78 is 28.2. The highest BCUT2D eigenvalue weighted by Gasteiger charge is 2.21. The summed E-state index contributed by atoms with van der Waals surface area (Å²) >= 11 is 6.15. The minimum absolute atomic E-state index is 0.0493. The summed E-state index contributed by atoms with van der Waals surface area (Å²) in [5.41, 5.74) is 2.87. The van der Waals surface area contributed by atoms with E-state index in [2.05, 4.69) is 10.0 Å². The highest BCUT2D eigenvalue weighted by Crippen LogP contribution is 2.25. The van der Waals surface area contributed by atoms with Crippen LogP contribution in [0.5, 0.6) is 0 Å². The van der Waals surface area contributed by atoms with E-state index in [1.54, 1.807) is 24.3 Å². The molecule has 0 aliphatic carbocycles. The number of nitrogens with one attached hydrogen (secondary N) is 2. The average molecular weight is 457 g/mol. The summed E-state index contributed by atoms with van der Waals surface area (Å²) in [4.78, 5) is 12.5. The SMILES string of the molecule is Cc1ccc(NS(=O)(=O)c2cc(C(=O)N[C@H](C)CCc3ccccc3)ccc2Cl)cc1. The molecule has 0 fully saturated rings. The summed E-state index contributed by atoms with van der Waals surface area (Å²) in [5, 5.41) is 2.97. The molecule has 5 nitrogen and oxygen atoms in total. The number of anilines is 1. The highest BCUT2D eigenvalue weighted by atomic mass is 35.5. The largest absolute Gasteiger partial charge is 0.350 e. The van der Waals surface area contributed by atoms with E-state index in [1.165, 1.54) is 23.8 Å². The lowest BCUT2D eigenvalue weighted by Crippen LogP contribution is -2.33. The maximum Gasteiger partial charge on any atom is 0.263 e. The Labute approximate surface area is 188 Å². The van der Waals surface area contributed by atoms with Crippen molar-refractivity contribution in [3.63, 3.8) is 0 Å². The van der Waals surface area contributed by atoms with Crippen molar-refractivity contribution in [2.24, 2.45) is 0 Å². The molecule has 1 amide bonds. The minimum atomic E-state index is -3.95. The Balaban J connectivity index is 1.70. The van der Waals surface area contributed by atoms with E-state index in [9.17, 15) is 13.2 Å². The van der Waals surface area contributed by atoms with E-state index in [-0.39, 0.29) is 27.4 Å². The van der Waals surface area contributed by atoms with E-state index in [0.717, 1.165) is 18.4 Å². The monoisotopic (exact) mass is 456 g/mol. The van der Waals surface area contributed by atoms with Gasteiger partial charge in [0.05, 0.1) is 5.02 Å². The van der Waals surface area contributed by atoms with Gasteiger partial charge in [-0.05, 0) is 62.6 Å². The van der Waals surface area contributed by atoms with E-state index in [0.29, 0.717) is 5.69 Å². The summed E-state index contributed by atoms with van der Waals surface area (Å²) in [5.74, 6) is -0.344. The van der Waals surface area contributed by atoms with Gasteiger partial charge in [0.25, 0.3) is 15.9 Å². The quantitative estimate of drug-likeness (QED) is 0.489. The van der Waals surface area contributed by atoms with Crippen LogP contribution in [0.1, 0.15) is 34.8 Å². The van der Waals surface area contributed by atoms with Crippen LogP contribution in [0, 0.1) is 6.92 Å². The third-order valence-electron chi connectivity index (χ3n) is 4.87. The van der Waals surface area contributed by atoms with Crippen LogP contribution in [0.2, 0.25) is 5.02 Å². The summed E-state index contributed by atoms with van der Waals surface area (Å²) in [6, 6.07) is 21.2. The second-order valence-electron chi connectivity index (χ2n) is 7.52. The molecular formula is C24H25ClN2O3S. The molecular weight excluding hydrogens is 432 g/mol. The number of rotatable bonds is 8. The summed E-state index contributed by atoms with van der Waals surface area (Å²) in [6.07, 6.45) is 1.60. The Morgan fingerprint density at radius 1 is 1.00 bits per heavy atom. The molecule has 0 unspecified atom stereocenters. The van der Waals surface area contributed by atoms with Gasteiger partial charge >= 0.3 is 0 Å². The van der Waals surface area contributed by atoms with Crippen molar-refractivity contribution in [3.05, 3.63) is 94.5 Å². The smallest absolute Gasteiger partial charge is 0.263 e. The average Bonchev–Trinajstić information content (AvgIpc) is 2.74. The lowest BCUT2D eigenvalue weighted by atomic mass is 10.1. The molecule has 0 saturated heterocycles. The topological polar surface area (TPSA) is 75.3 Å². The highest BCUT2D eigenvalue weighted by molar-refractivity contribution is 7.92. The molecule has 3 aromatic rings. The number of benzene rings is 3. The van der Waals surface area contributed by atoms with Crippen molar-refractivity contribution in [3.8, 4) is 0 Å². The number of halogens is 1. The number of amides is 1. The number of hydrogen-bond donors (Lipinski definition) is 2. The number of hydrogen-bond acceptors (Lipinski definition) is 3. The molecule has 0 heterocycles. The molecule has 0 aliphatic heterocycles. The van der Waals surface area contributed by atoms with Gasteiger partial charge < -0.3 is 5.32 Å². The second kappa shape index (κ2) is 9.98. The van der Waals surface area contributed by atoms with Gasteiger partial charge in [0.1, 0.15) is 4.90 Å². The third kappa shape index (κ3) is 6.32. The molecule has 0 radical (unpaired) electrons. The molecule has 0 aliphatic rings. The van der Waals surface area contributed by atoms with Gasteiger partial charge in [-0.3, -0.25) is 9.52 Å².